The number of nitrogens with zero attached hydrogens (tertiary/aromatic N) is 2. The molecule has 0 spiro atoms. The van der Waals surface area contributed by atoms with E-state index in [1.165, 1.54) is 6.07 Å². The first kappa shape index (κ1) is 14.2. The summed E-state index contributed by atoms with van der Waals surface area (Å²) in [6.45, 7) is 1.71. The van der Waals surface area contributed by atoms with Gasteiger partial charge in [-0.25, -0.2) is 4.39 Å². The Morgan fingerprint density at radius 2 is 2.14 bits per heavy atom. The van der Waals surface area contributed by atoms with Crippen LogP contribution >= 0.6 is 0 Å². The highest BCUT2D eigenvalue weighted by atomic mass is 19.1. The van der Waals surface area contributed by atoms with Gasteiger partial charge in [-0.05, 0) is 49.4 Å². The molecule has 0 saturated heterocycles. The first-order chi connectivity index (χ1) is 10.1. The Bertz CT molecular complexity index is 626. The second-order valence-corrected chi connectivity index (χ2v) is 5.79. The van der Waals surface area contributed by atoms with Gasteiger partial charge < -0.3 is 9.63 Å². The van der Waals surface area contributed by atoms with Crippen molar-refractivity contribution in [3.8, 4) is 11.4 Å². The maximum absolute atomic E-state index is 13.3. The lowest BCUT2D eigenvalue weighted by Crippen LogP contribution is -2.26. The lowest BCUT2D eigenvalue weighted by molar-refractivity contribution is 0.0657. The van der Waals surface area contributed by atoms with Crippen LogP contribution in [-0.2, 0) is 6.42 Å². The van der Waals surface area contributed by atoms with E-state index in [-0.39, 0.29) is 17.8 Å². The lowest BCUT2D eigenvalue weighted by atomic mass is 9.84. The van der Waals surface area contributed by atoms with Crippen molar-refractivity contribution >= 4 is 0 Å². The van der Waals surface area contributed by atoms with E-state index in [4.69, 9.17) is 4.52 Å². The SMILES string of the molecule is Cc1cc(-c2noc(CC3CCCCC3O)n2)ccc1F. The molecule has 1 aliphatic carbocycles. The maximum Gasteiger partial charge on any atom is 0.227 e. The average Bonchev–Trinajstić information content (AvgIpc) is 2.93. The number of halogens is 1. The van der Waals surface area contributed by atoms with Gasteiger partial charge in [0.2, 0.25) is 11.7 Å². The summed E-state index contributed by atoms with van der Waals surface area (Å²) in [7, 11) is 0. The lowest BCUT2D eigenvalue weighted by Gasteiger charge is -2.26. The van der Waals surface area contributed by atoms with Crippen LogP contribution in [-0.4, -0.2) is 21.4 Å². The zero-order chi connectivity index (χ0) is 14.8. The minimum absolute atomic E-state index is 0.196. The minimum Gasteiger partial charge on any atom is -0.393 e. The molecule has 1 heterocycles. The van der Waals surface area contributed by atoms with Crippen LogP contribution in [0.15, 0.2) is 22.7 Å². The number of aliphatic hydroxyl groups excluding tert-OH is 1. The van der Waals surface area contributed by atoms with Gasteiger partial charge in [0.05, 0.1) is 6.10 Å². The van der Waals surface area contributed by atoms with Crippen LogP contribution in [0.1, 0.15) is 37.1 Å². The molecule has 3 rings (SSSR count). The standard InChI is InChI=1S/C16H19FN2O2/c1-10-8-12(6-7-13(10)17)16-18-15(21-19-16)9-11-4-2-3-5-14(11)20/h6-8,11,14,20H,2-5,9H2,1H3. The topological polar surface area (TPSA) is 59.2 Å². The van der Waals surface area contributed by atoms with Gasteiger partial charge in [-0.2, -0.15) is 4.98 Å². The highest BCUT2D eigenvalue weighted by molar-refractivity contribution is 5.55. The number of aromatic nitrogens is 2. The molecule has 0 bridgehead atoms. The third-order valence-electron chi connectivity index (χ3n) is 4.19. The number of aliphatic hydroxyl groups is 1. The fourth-order valence-corrected chi connectivity index (χ4v) is 2.89. The van der Waals surface area contributed by atoms with Gasteiger partial charge in [-0.1, -0.05) is 18.0 Å². The van der Waals surface area contributed by atoms with Gasteiger partial charge in [0, 0.05) is 12.0 Å². The van der Waals surface area contributed by atoms with E-state index in [0.29, 0.717) is 23.7 Å². The number of benzene rings is 1. The van der Waals surface area contributed by atoms with Gasteiger partial charge in [-0.3, -0.25) is 0 Å². The molecule has 0 aliphatic heterocycles. The number of hydrogen-bond donors (Lipinski definition) is 1. The maximum atomic E-state index is 13.3. The van der Waals surface area contributed by atoms with E-state index < -0.39 is 0 Å². The summed E-state index contributed by atoms with van der Waals surface area (Å²) in [5.41, 5.74) is 1.30. The molecule has 1 N–H and O–H groups in total. The molecule has 0 amide bonds. The molecule has 1 aliphatic rings. The predicted octanol–water partition coefficient (Wildman–Crippen LogP) is 3.28. The van der Waals surface area contributed by atoms with E-state index in [9.17, 15) is 9.50 Å². The third-order valence-corrected chi connectivity index (χ3v) is 4.19. The minimum atomic E-state index is -0.276. The fraction of sp³-hybridized carbons (Fsp3) is 0.500. The molecular formula is C16H19FN2O2. The summed E-state index contributed by atoms with van der Waals surface area (Å²) < 4.78 is 18.6. The fourth-order valence-electron chi connectivity index (χ4n) is 2.89. The summed E-state index contributed by atoms with van der Waals surface area (Å²) >= 11 is 0. The Balaban J connectivity index is 1.75. The molecule has 2 atom stereocenters. The average molecular weight is 290 g/mol. The predicted molar refractivity (Wildman–Crippen MR) is 76.1 cm³/mol. The van der Waals surface area contributed by atoms with Crippen LogP contribution in [0.5, 0.6) is 0 Å². The van der Waals surface area contributed by atoms with Crippen molar-refractivity contribution in [3.05, 3.63) is 35.5 Å². The van der Waals surface area contributed by atoms with Crippen molar-refractivity contribution in [2.45, 2.75) is 45.1 Å². The van der Waals surface area contributed by atoms with Crippen LogP contribution in [0.4, 0.5) is 4.39 Å². The van der Waals surface area contributed by atoms with E-state index in [0.717, 1.165) is 31.2 Å². The van der Waals surface area contributed by atoms with Crippen molar-refractivity contribution in [1.29, 1.82) is 0 Å². The number of hydrogen-bond acceptors (Lipinski definition) is 4. The first-order valence-corrected chi connectivity index (χ1v) is 7.40. The quantitative estimate of drug-likeness (QED) is 0.942. The van der Waals surface area contributed by atoms with Crippen molar-refractivity contribution in [2.75, 3.05) is 0 Å². The molecule has 2 aromatic rings. The Labute approximate surface area is 123 Å². The van der Waals surface area contributed by atoms with Crippen molar-refractivity contribution in [2.24, 2.45) is 5.92 Å². The molecule has 4 nitrogen and oxygen atoms in total. The molecule has 5 heteroatoms. The summed E-state index contributed by atoms with van der Waals surface area (Å²) in [5, 5.41) is 13.9. The van der Waals surface area contributed by atoms with Gasteiger partial charge >= 0.3 is 0 Å². The molecule has 1 saturated carbocycles. The highest BCUT2D eigenvalue weighted by Gasteiger charge is 2.25. The van der Waals surface area contributed by atoms with E-state index in [2.05, 4.69) is 10.1 Å². The molecule has 2 unspecified atom stereocenters. The molecule has 1 aromatic heterocycles. The van der Waals surface area contributed by atoms with Gasteiger partial charge in [0.1, 0.15) is 5.82 Å². The first-order valence-electron chi connectivity index (χ1n) is 7.40. The van der Waals surface area contributed by atoms with Gasteiger partial charge in [0.15, 0.2) is 0 Å². The third kappa shape index (κ3) is 3.13. The van der Waals surface area contributed by atoms with Crippen molar-refractivity contribution in [1.82, 2.24) is 10.1 Å². The van der Waals surface area contributed by atoms with Crippen LogP contribution in [0.2, 0.25) is 0 Å². The Morgan fingerprint density at radius 3 is 2.90 bits per heavy atom. The molecule has 112 valence electrons. The molecule has 0 radical (unpaired) electrons. The molecule has 1 fully saturated rings. The normalized spacial score (nSPS) is 22.4. The molecule has 1 aromatic carbocycles. The van der Waals surface area contributed by atoms with Crippen molar-refractivity contribution in [3.63, 3.8) is 0 Å². The summed E-state index contributed by atoms with van der Waals surface area (Å²) in [6.07, 6.45) is 4.40. The highest BCUT2D eigenvalue weighted by Crippen LogP contribution is 2.28. The zero-order valence-electron chi connectivity index (χ0n) is 12.1. The summed E-state index contributed by atoms with van der Waals surface area (Å²) in [5.74, 6) is 0.964. The summed E-state index contributed by atoms with van der Waals surface area (Å²) in [6, 6.07) is 4.76. The molecular weight excluding hydrogens is 271 g/mol. The van der Waals surface area contributed by atoms with E-state index in [1.54, 1.807) is 19.1 Å². The molecule has 21 heavy (non-hydrogen) atoms. The van der Waals surface area contributed by atoms with Crippen LogP contribution in [0, 0.1) is 18.7 Å². The Hall–Kier alpha value is -1.75. The zero-order valence-corrected chi connectivity index (χ0v) is 12.1. The monoisotopic (exact) mass is 290 g/mol. The number of rotatable bonds is 3. The van der Waals surface area contributed by atoms with Crippen molar-refractivity contribution < 1.29 is 14.0 Å². The van der Waals surface area contributed by atoms with E-state index >= 15 is 0 Å². The van der Waals surface area contributed by atoms with Gasteiger partial charge in [0.25, 0.3) is 0 Å². The second kappa shape index (κ2) is 5.93. The summed E-state index contributed by atoms with van der Waals surface area (Å²) in [4.78, 5) is 4.37. The smallest absolute Gasteiger partial charge is 0.227 e. The Kier molecular flexibility index (Phi) is 4.01. The van der Waals surface area contributed by atoms with Crippen LogP contribution < -0.4 is 0 Å². The second-order valence-electron chi connectivity index (χ2n) is 5.79. The largest absolute Gasteiger partial charge is 0.393 e. The van der Waals surface area contributed by atoms with Gasteiger partial charge in [-0.15, -0.1) is 0 Å². The number of aryl methyl sites for hydroxylation is 1. The van der Waals surface area contributed by atoms with Crippen LogP contribution in [0.3, 0.4) is 0 Å². The van der Waals surface area contributed by atoms with Crippen LogP contribution in [0.25, 0.3) is 11.4 Å². The van der Waals surface area contributed by atoms with E-state index in [1.807, 2.05) is 0 Å². The Morgan fingerprint density at radius 1 is 1.33 bits per heavy atom.